The monoisotopic (exact) mass is 464 g/mol. The van der Waals surface area contributed by atoms with E-state index in [2.05, 4.69) is 15.4 Å². The van der Waals surface area contributed by atoms with Crippen LogP contribution in [-0.4, -0.2) is 33.8 Å². The summed E-state index contributed by atoms with van der Waals surface area (Å²) in [5, 5.41) is 7.98. The fourth-order valence-electron chi connectivity index (χ4n) is 3.13. The van der Waals surface area contributed by atoms with Crippen molar-refractivity contribution in [1.82, 2.24) is 20.1 Å². The van der Waals surface area contributed by atoms with Crippen LogP contribution in [0.3, 0.4) is 0 Å². The van der Waals surface area contributed by atoms with Crippen molar-refractivity contribution in [3.8, 4) is 26.9 Å². The Labute approximate surface area is 193 Å². The number of hydrogen-bond donors (Lipinski definition) is 1. The average Bonchev–Trinajstić information content (AvgIpc) is 3.22. The van der Waals surface area contributed by atoms with Gasteiger partial charge in [-0.15, -0.1) is 11.3 Å². The average molecular weight is 465 g/mol. The number of aryl methyl sites for hydroxylation is 1. The van der Waals surface area contributed by atoms with Crippen molar-refractivity contribution in [2.75, 3.05) is 13.2 Å². The molecule has 0 bridgehead atoms. The summed E-state index contributed by atoms with van der Waals surface area (Å²) in [6, 6.07) is 18.8. The zero-order valence-corrected chi connectivity index (χ0v) is 18.6. The standard InChI is InChI=1S/C24H21FN4O3S/c1-16-23(33-24(27-16)17-7-3-2-4-8-17)19-11-12-22(31)29(28-19)14-13-26-21(30)15-32-20-10-6-5-9-18(20)25/h2-12H,13-15H2,1H3,(H,26,30). The Bertz CT molecular complexity index is 1320. The second-order valence-corrected chi connectivity index (χ2v) is 8.15. The van der Waals surface area contributed by atoms with Crippen LogP contribution >= 0.6 is 11.3 Å². The summed E-state index contributed by atoms with van der Waals surface area (Å²) in [6.45, 7) is 1.94. The minimum absolute atomic E-state index is 0.00744. The molecule has 0 aliphatic heterocycles. The summed E-state index contributed by atoms with van der Waals surface area (Å²) in [6.07, 6.45) is 0. The molecule has 4 aromatic rings. The lowest BCUT2D eigenvalue weighted by Crippen LogP contribution is -2.34. The third kappa shape index (κ3) is 5.50. The van der Waals surface area contributed by atoms with Gasteiger partial charge in [-0.2, -0.15) is 5.10 Å². The van der Waals surface area contributed by atoms with Gasteiger partial charge in [0.1, 0.15) is 10.7 Å². The minimum atomic E-state index is -0.536. The maximum atomic E-state index is 13.6. The molecule has 0 aliphatic rings. The summed E-state index contributed by atoms with van der Waals surface area (Å²) in [4.78, 5) is 29.8. The molecule has 0 aliphatic carbocycles. The SMILES string of the molecule is Cc1nc(-c2ccccc2)sc1-c1ccc(=O)n(CCNC(=O)COc2ccccc2F)n1. The van der Waals surface area contributed by atoms with Gasteiger partial charge in [0.2, 0.25) is 0 Å². The quantitative estimate of drug-likeness (QED) is 0.430. The van der Waals surface area contributed by atoms with Crippen molar-refractivity contribution < 1.29 is 13.9 Å². The number of amides is 1. The van der Waals surface area contributed by atoms with Gasteiger partial charge in [0.15, 0.2) is 18.2 Å². The number of nitrogens with zero attached hydrogens (tertiary/aromatic N) is 3. The number of hydrogen-bond acceptors (Lipinski definition) is 6. The molecule has 168 valence electrons. The molecule has 0 saturated carbocycles. The normalized spacial score (nSPS) is 10.7. The summed E-state index contributed by atoms with van der Waals surface area (Å²) in [5.74, 6) is -0.951. The fourth-order valence-corrected chi connectivity index (χ4v) is 4.16. The maximum absolute atomic E-state index is 13.6. The van der Waals surface area contributed by atoms with Crippen LogP contribution in [0.15, 0.2) is 71.5 Å². The number of carbonyl (C=O) groups excluding carboxylic acids is 1. The van der Waals surface area contributed by atoms with Gasteiger partial charge in [-0.25, -0.2) is 14.1 Å². The largest absolute Gasteiger partial charge is 0.481 e. The van der Waals surface area contributed by atoms with E-state index in [0.717, 1.165) is 21.1 Å². The van der Waals surface area contributed by atoms with Crippen LogP contribution in [0.2, 0.25) is 0 Å². The molecule has 0 atom stereocenters. The fraction of sp³-hybridized carbons (Fsp3) is 0.167. The number of nitrogens with one attached hydrogen (secondary N) is 1. The van der Waals surface area contributed by atoms with E-state index in [1.165, 1.54) is 40.3 Å². The molecule has 1 N–H and O–H groups in total. The number of para-hydroxylation sites is 1. The summed E-state index contributed by atoms with van der Waals surface area (Å²) in [7, 11) is 0. The molecule has 0 fully saturated rings. The van der Waals surface area contributed by atoms with E-state index < -0.39 is 11.7 Å². The predicted octanol–water partition coefficient (Wildman–Crippen LogP) is 3.68. The Kier molecular flexibility index (Phi) is 6.89. The second-order valence-electron chi connectivity index (χ2n) is 7.15. The number of halogens is 1. The van der Waals surface area contributed by atoms with Gasteiger partial charge in [-0.1, -0.05) is 42.5 Å². The van der Waals surface area contributed by atoms with Crippen LogP contribution in [0.1, 0.15) is 5.69 Å². The number of rotatable bonds is 8. The molecule has 2 aromatic carbocycles. The molecule has 0 spiro atoms. The second kappa shape index (κ2) is 10.2. The van der Waals surface area contributed by atoms with Gasteiger partial charge in [0.25, 0.3) is 11.5 Å². The van der Waals surface area contributed by atoms with Crippen LogP contribution in [-0.2, 0) is 11.3 Å². The Morgan fingerprint density at radius 1 is 1.09 bits per heavy atom. The summed E-state index contributed by atoms with van der Waals surface area (Å²) in [5.41, 5.74) is 2.21. The minimum Gasteiger partial charge on any atom is -0.481 e. The first kappa shape index (κ1) is 22.3. The number of benzene rings is 2. The van der Waals surface area contributed by atoms with Crippen molar-refractivity contribution in [2.45, 2.75) is 13.5 Å². The highest BCUT2D eigenvalue weighted by atomic mass is 32.1. The van der Waals surface area contributed by atoms with Crippen molar-refractivity contribution in [2.24, 2.45) is 0 Å². The van der Waals surface area contributed by atoms with Crippen molar-refractivity contribution in [3.05, 3.63) is 88.6 Å². The van der Waals surface area contributed by atoms with E-state index in [1.807, 2.05) is 37.3 Å². The van der Waals surface area contributed by atoms with Gasteiger partial charge < -0.3 is 10.1 Å². The number of aromatic nitrogens is 3. The molecule has 4 rings (SSSR count). The number of thiazole rings is 1. The van der Waals surface area contributed by atoms with Crippen LogP contribution in [0.4, 0.5) is 4.39 Å². The lowest BCUT2D eigenvalue weighted by atomic mass is 10.2. The van der Waals surface area contributed by atoms with E-state index in [-0.39, 0.29) is 31.0 Å². The van der Waals surface area contributed by atoms with E-state index in [0.29, 0.717) is 5.69 Å². The highest BCUT2D eigenvalue weighted by Crippen LogP contribution is 2.33. The van der Waals surface area contributed by atoms with Gasteiger partial charge in [-0.3, -0.25) is 9.59 Å². The summed E-state index contributed by atoms with van der Waals surface area (Å²) >= 11 is 1.51. The third-order valence-electron chi connectivity index (χ3n) is 4.76. The van der Waals surface area contributed by atoms with Gasteiger partial charge in [0, 0.05) is 18.2 Å². The highest BCUT2D eigenvalue weighted by molar-refractivity contribution is 7.18. The summed E-state index contributed by atoms with van der Waals surface area (Å²) < 4.78 is 20.0. The zero-order chi connectivity index (χ0) is 23.2. The molecule has 0 unspecified atom stereocenters. The van der Waals surface area contributed by atoms with Gasteiger partial charge in [0.05, 0.1) is 17.1 Å². The first-order chi connectivity index (χ1) is 16.0. The van der Waals surface area contributed by atoms with Crippen LogP contribution < -0.4 is 15.6 Å². The molecule has 9 heteroatoms. The Morgan fingerprint density at radius 2 is 1.85 bits per heavy atom. The first-order valence-corrected chi connectivity index (χ1v) is 11.1. The molecule has 33 heavy (non-hydrogen) atoms. The van der Waals surface area contributed by atoms with Crippen LogP contribution in [0.5, 0.6) is 5.75 Å². The smallest absolute Gasteiger partial charge is 0.266 e. The van der Waals surface area contributed by atoms with Crippen LogP contribution in [0.25, 0.3) is 21.1 Å². The van der Waals surface area contributed by atoms with E-state index in [9.17, 15) is 14.0 Å². The lowest BCUT2D eigenvalue weighted by molar-refractivity contribution is -0.123. The molecule has 1 amide bonds. The highest BCUT2D eigenvalue weighted by Gasteiger charge is 2.14. The van der Waals surface area contributed by atoms with Crippen molar-refractivity contribution in [1.29, 1.82) is 0 Å². The Balaban J connectivity index is 1.39. The van der Waals surface area contributed by atoms with E-state index >= 15 is 0 Å². The molecular weight excluding hydrogens is 443 g/mol. The zero-order valence-electron chi connectivity index (χ0n) is 17.8. The van der Waals surface area contributed by atoms with Gasteiger partial charge in [-0.05, 0) is 25.1 Å². The van der Waals surface area contributed by atoms with Crippen molar-refractivity contribution >= 4 is 17.2 Å². The van der Waals surface area contributed by atoms with Gasteiger partial charge >= 0.3 is 0 Å². The Hall–Kier alpha value is -3.85. The lowest BCUT2D eigenvalue weighted by Gasteiger charge is -2.09. The molecule has 0 radical (unpaired) electrons. The van der Waals surface area contributed by atoms with E-state index in [4.69, 9.17) is 4.74 Å². The molecule has 2 heterocycles. The Morgan fingerprint density at radius 3 is 2.64 bits per heavy atom. The third-order valence-corrected chi connectivity index (χ3v) is 5.99. The maximum Gasteiger partial charge on any atom is 0.266 e. The first-order valence-electron chi connectivity index (χ1n) is 10.3. The van der Waals surface area contributed by atoms with E-state index in [1.54, 1.807) is 12.1 Å². The number of ether oxygens (including phenoxy) is 1. The van der Waals surface area contributed by atoms with Crippen molar-refractivity contribution in [3.63, 3.8) is 0 Å². The topological polar surface area (TPSA) is 86.1 Å². The number of carbonyl (C=O) groups is 1. The molecule has 7 nitrogen and oxygen atoms in total. The van der Waals surface area contributed by atoms with Crippen LogP contribution in [0, 0.1) is 12.7 Å². The molecule has 0 saturated heterocycles. The predicted molar refractivity (Wildman–Crippen MR) is 125 cm³/mol. The molecular formula is C24H21FN4O3S. The molecule has 2 aromatic heterocycles.